The van der Waals surface area contributed by atoms with Crippen LogP contribution in [0.3, 0.4) is 0 Å². The molecule has 1 heterocycles. The highest BCUT2D eigenvalue weighted by Gasteiger charge is 2.05. The third-order valence-electron chi connectivity index (χ3n) is 1.93. The minimum Gasteiger partial charge on any atom is -0.308 e. The summed E-state index contributed by atoms with van der Waals surface area (Å²) in [5.74, 6) is 0. The Morgan fingerprint density at radius 2 is 2.15 bits per heavy atom. The van der Waals surface area contributed by atoms with Crippen molar-refractivity contribution in [2.75, 3.05) is 0 Å². The molecule has 1 N–H and O–H groups in total. The molecule has 1 aromatic rings. The van der Waals surface area contributed by atoms with E-state index >= 15 is 0 Å². The van der Waals surface area contributed by atoms with Crippen molar-refractivity contribution >= 4 is 11.3 Å². The maximum Gasteiger partial charge on any atom is 0.107 e. The molecule has 0 aliphatic rings. The van der Waals surface area contributed by atoms with Gasteiger partial charge in [0.05, 0.1) is 5.69 Å². The predicted molar refractivity (Wildman–Crippen MR) is 58.2 cm³/mol. The van der Waals surface area contributed by atoms with Crippen LogP contribution in [0.5, 0.6) is 0 Å². The Morgan fingerprint density at radius 1 is 1.46 bits per heavy atom. The summed E-state index contributed by atoms with van der Waals surface area (Å²) < 4.78 is 0. The van der Waals surface area contributed by atoms with Gasteiger partial charge in [-0.3, -0.25) is 0 Å². The van der Waals surface area contributed by atoms with E-state index in [-0.39, 0.29) is 0 Å². The van der Waals surface area contributed by atoms with E-state index in [0.717, 1.165) is 13.0 Å². The monoisotopic (exact) mass is 198 g/mol. The van der Waals surface area contributed by atoms with E-state index < -0.39 is 0 Å². The van der Waals surface area contributed by atoms with Gasteiger partial charge < -0.3 is 5.32 Å². The average molecular weight is 198 g/mol. The first-order valence-corrected chi connectivity index (χ1v) is 5.63. The summed E-state index contributed by atoms with van der Waals surface area (Å²) in [6, 6.07) is 0.536. The van der Waals surface area contributed by atoms with Crippen molar-refractivity contribution in [3.63, 3.8) is 0 Å². The van der Waals surface area contributed by atoms with Gasteiger partial charge in [-0.25, -0.2) is 4.98 Å². The molecule has 13 heavy (non-hydrogen) atoms. The summed E-state index contributed by atoms with van der Waals surface area (Å²) in [5, 5.41) is 4.59. The summed E-state index contributed by atoms with van der Waals surface area (Å²) in [7, 11) is 0. The second-order valence-electron chi connectivity index (χ2n) is 3.50. The van der Waals surface area contributed by atoms with Gasteiger partial charge in [0, 0.05) is 17.5 Å². The molecule has 0 spiro atoms. The highest BCUT2D eigenvalue weighted by molar-refractivity contribution is 7.11. The molecule has 2 nitrogen and oxygen atoms in total. The molecular weight excluding hydrogens is 180 g/mol. The van der Waals surface area contributed by atoms with Crippen LogP contribution in [0.15, 0.2) is 0 Å². The molecule has 0 aromatic carbocycles. The van der Waals surface area contributed by atoms with Crippen molar-refractivity contribution in [3.8, 4) is 0 Å². The maximum absolute atomic E-state index is 4.56. The molecule has 0 unspecified atom stereocenters. The zero-order chi connectivity index (χ0) is 9.84. The van der Waals surface area contributed by atoms with E-state index in [1.165, 1.54) is 15.6 Å². The van der Waals surface area contributed by atoms with Crippen LogP contribution in [0.4, 0.5) is 0 Å². The zero-order valence-corrected chi connectivity index (χ0v) is 9.66. The lowest BCUT2D eigenvalue weighted by Gasteiger charge is -2.04. The van der Waals surface area contributed by atoms with E-state index in [1.54, 1.807) is 0 Å². The summed E-state index contributed by atoms with van der Waals surface area (Å²) in [6.45, 7) is 9.52. The van der Waals surface area contributed by atoms with Gasteiger partial charge in [0.2, 0.25) is 0 Å². The SMILES string of the molecule is CCc1nc(CNC(C)C)sc1C. The minimum absolute atomic E-state index is 0.536. The van der Waals surface area contributed by atoms with Crippen LogP contribution in [-0.2, 0) is 13.0 Å². The number of aromatic nitrogens is 1. The van der Waals surface area contributed by atoms with E-state index in [9.17, 15) is 0 Å². The fourth-order valence-electron chi connectivity index (χ4n) is 1.18. The second kappa shape index (κ2) is 4.72. The third-order valence-corrected chi connectivity index (χ3v) is 2.95. The van der Waals surface area contributed by atoms with Crippen LogP contribution in [0.25, 0.3) is 0 Å². The van der Waals surface area contributed by atoms with Crippen LogP contribution in [0, 0.1) is 6.92 Å². The third kappa shape index (κ3) is 3.08. The fraction of sp³-hybridized carbons (Fsp3) is 0.700. The minimum atomic E-state index is 0.536. The van der Waals surface area contributed by atoms with Crippen LogP contribution in [-0.4, -0.2) is 11.0 Å². The van der Waals surface area contributed by atoms with Gasteiger partial charge >= 0.3 is 0 Å². The van der Waals surface area contributed by atoms with Gasteiger partial charge in [-0.05, 0) is 13.3 Å². The Labute approximate surface area is 84.4 Å². The molecule has 3 heteroatoms. The number of nitrogens with zero attached hydrogens (tertiary/aromatic N) is 1. The Balaban J connectivity index is 2.57. The predicted octanol–water partition coefficient (Wildman–Crippen LogP) is 2.51. The van der Waals surface area contributed by atoms with Crippen molar-refractivity contribution in [2.45, 2.75) is 46.7 Å². The Kier molecular flexibility index (Phi) is 3.88. The Hall–Kier alpha value is -0.410. The number of hydrogen-bond acceptors (Lipinski definition) is 3. The topological polar surface area (TPSA) is 24.9 Å². The van der Waals surface area contributed by atoms with Crippen molar-refractivity contribution in [1.29, 1.82) is 0 Å². The highest BCUT2D eigenvalue weighted by Crippen LogP contribution is 2.17. The summed E-state index contributed by atoms with van der Waals surface area (Å²) in [5.41, 5.74) is 1.26. The van der Waals surface area contributed by atoms with Gasteiger partial charge in [0.15, 0.2) is 0 Å². The quantitative estimate of drug-likeness (QED) is 0.804. The normalized spacial score (nSPS) is 11.2. The second-order valence-corrected chi connectivity index (χ2v) is 4.79. The first-order valence-electron chi connectivity index (χ1n) is 4.82. The largest absolute Gasteiger partial charge is 0.308 e. The summed E-state index contributed by atoms with van der Waals surface area (Å²) >= 11 is 1.81. The smallest absolute Gasteiger partial charge is 0.107 e. The first kappa shape index (κ1) is 10.7. The average Bonchev–Trinajstić information content (AvgIpc) is 2.43. The molecular formula is C10H18N2S. The van der Waals surface area contributed by atoms with E-state index in [1.807, 2.05) is 11.3 Å². The lowest BCUT2D eigenvalue weighted by atomic mass is 10.3. The number of aryl methyl sites for hydroxylation is 2. The summed E-state index contributed by atoms with van der Waals surface area (Å²) in [4.78, 5) is 5.92. The Morgan fingerprint density at radius 3 is 2.62 bits per heavy atom. The lowest BCUT2D eigenvalue weighted by Crippen LogP contribution is -2.21. The number of rotatable bonds is 4. The number of hydrogen-bond donors (Lipinski definition) is 1. The van der Waals surface area contributed by atoms with E-state index in [0.29, 0.717) is 6.04 Å². The van der Waals surface area contributed by atoms with E-state index in [2.05, 4.69) is 38.0 Å². The molecule has 0 atom stereocenters. The molecule has 74 valence electrons. The number of nitrogens with one attached hydrogen (secondary N) is 1. The molecule has 1 rings (SSSR count). The molecule has 0 fully saturated rings. The Bertz CT molecular complexity index is 266. The van der Waals surface area contributed by atoms with Crippen molar-refractivity contribution < 1.29 is 0 Å². The van der Waals surface area contributed by atoms with Gasteiger partial charge in [0.25, 0.3) is 0 Å². The maximum atomic E-state index is 4.56. The fourth-order valence-corrected chi connectivity index (χ4v) is 2.16. The van der Waals surface area contributed by atoms with Crippen molar-refractivity contribution in [3.05, 3.63) is 15.6 Å². The van der Waals surface area contributed by atoms with Crippen LogP contribution in [0.2, 0.25) is 0 Å². The van der Waals surface area contributed by atoms with Gasteiger partial charge in [-0.1, -0.05) is 20.8 Å². The van der Waals surface area contributed by atoms with Crippen molar-refractivity contribution in [2.24, 2.45) is 0 Å². The molecule has 0 bridgehead atoms. The van der Waals surface area contributed by atoms with Crippen LogP contribution < -0.4 is 5.32 Å². The van der Waals surface area contributed by atoms with E-state index in [4.69, 9.17) is 0 Å². The summed E-state index contributed by atoms with van der Waals surface area (Å²) in [6.07, 6.45) is 1.05. The molecule has 0 radical (unpaired) electrons. The van der Waals surface area contributed by atoms with Gasteiger partial charge in [-0.2, -0.15) is 0 Å². The molecule has 0 aliphatic carbocycles. The van der Waals surface area contributed by atoms with Crippen LogP contribution >= 0.6 is 11.3 Å². The molecule has 0 amide bonds. The van der Waals surface area contributed by atoms with Gasteiger partial charge in [-0.15, -0.1) is 11.3 Å². The standard InChI is InChI=1S/C10H18N2S/c1-5-9-8(4)13-10(12-9)6-11-7(2)3/h7,11H,5-6H2,1-4H3. The lowest BCUT2D eigenvalue weighted by molar-refractivity contribution is 0.586. The molecule has 1 aromatic heterocycles. The molecule has 0 saturated heterocycles. The number of thiazole rings is 1. The van der Waals surface area contributed by atoms with Crippen LogP contribution in [0.1, 0.15) is 36.3 Å². The van der Waals surface area contributed by atoms with Gasteiger partial charge in [0.1, 0.15) is 5.01 Å². The van der Waals surface area contributed by atoms with Crippen molar-refractivity contribution in [1.82, 2.24) is 10.3 Å². The highest BCUT2D eigenvalue weighted by atomic mass is 32.1. The molecule has 0 aliphatic heterocycles. The molecule has 0 saturated carbocycles. The zero-order valence-electron chi connectivity index (χ0n) is 8.85. The first-order chi connectivity index (χ1) is 6.13.